The van der Waals surface area contributed by atoms with E-state index in [1.54, 1.807) is 4.90 Å². The average molecular weight is 333 g/mol. The van der Waals surface area contributed by atoms with E-state index in [4.69, 9.17) is 5.73 Å². The molecule has 0 aromatic heterocycles. The SMILES string of the molecule is NC(=O)c1cc(NC(=O)N2CCC3(CCCCC3)CC2)ccc1F. The largest absolute Gasteiger partial charge is 0.366 e. The molecule has 5 nitrogen and oxygen atoms in total. The number of carbonyl (C=O) groups is 2. The normalized spacial score (nSPS) is 20.0. The number of halogens is 1. The molecule has 3 amide bonds. The molecule has 1 aliphatic heterocycles. The summed E-state index contributed by atoms with van der Waals surface area (Å²) < 4.78 is 13.5. The van der Waals surface area contributed by atoms with Crippen LogP contribution in [0, 0.1) is 11.2 Å². The van der Waals surface area contributed by atoms with Crippen LogP contribution in [0.1, 0.15) is 55.3 Å². The summed E-state index contributed by atoms with van der Waals surface area (Å²) >= 11 is 0. The lowest BCUT2D eigenvalue weighted by Gasteiger charge is -2.44. The first-order valence-corrected chi connectivity index (χ1v) is 8.64. The third-order valence-corrected chi connectivity index (χ3v) is 5.51. The van der Waals surface area contributed by atoms with Crippen LogP contribution in [0.3, 0.4) is 0 Å². The van der Waals surface area contributed by atoms with E-state index in [2.05, 4.69) is 5.32 Å². The maximum absolute atomic E-state index is 13.5. The average Bonchev–Trinajstić information content (AvgIpc) is 2.57. The number of rotatable bonds is 2. The third kappa shape index (κ3) is 3.52. The molecule has 6 heteroatoms. The van der Waals surface area contributed by atoms with Gasteiger partial charge in [-0.1, -0.05) is 19.3 Å². The van der Waals surface area contributed by atoms with Crippen LogP contribution in [0.5, 0.6) is 0 Å². The fourth-order valence-electron chi connectivity index (χ4n) is 3.98. The second-order valence-corrected chi connectivity index (χ2v) is 7.04. The number of nitrogens with one attached hydrogen (secondary N) is 1. The van der Waals surface area contributed by atoms with Gasteiger partial charge in [-0.15, -0.1) is 0 Å². The van der Waals surface area contributed by atoms with Crippen molar-refractivity contribution in [2.45, 2.75) is 44.9 Å². The number of likely N-dealkylation sites (tertiary alicyclic amines) is 1. The molecule has 1 saturated carbocycles. The molecular formula is C18H24FN3O2. The molecule has 2 aliphatic rings. The monoisotopic (exact) mass is 333 g/mol. The van der Waals surface area contributed by atoms with E-state index in [-0.39, 0.29) is 11.6 Å². The highest BCUT2D eigenvalue weighted by atomic mass is 19.1. The van der Waals surface area contributed by atoms with Gasteiger partial charge in [-0.3, -0.25) is 4.79 Å². The number of carbonyl (C=O) groups excluding carboxylic acids is 2. The van der Waals surface area contributed by atoms with Gasteiger partial charge in [0.05, 0.1) is 5.56 Å². The zero-order valence-electron chi connectivity index (χ0n) is 13.8. The summed E-state index contributed by atoms with van der Waals surface area (Å²) in [5.74, 6) is -1.53. The second-order valence-electron chi connectivity index (χ2n) is 7.04. The van der Waals surface area contributed by atoms with Crippen LogP contribution >= 0.6 is 0 Å². The van der Waals surface area contributed by atoms with Crippen molar-refractivity contribution in [3.8, 4) is 0 Å². The van der Waals surface area contributed by atoms with Crippen LogP contribution in [-0.4, -0.2) is 29.9 Å². The van der Waals surface area contributed by atoms with Crippen molar-refractivity contribution in [3.05, 3.63) is 29.6 Å². The Kier molecular flexibility index (Phi) is 4.73. The molecular weight excluding hydrogens is 309 g/mol. The number of piperidine rings is 1. The topological polar surface area (TPSA) is 75.4 Å². The Bertz CT molecular complexity index is 631. The molecule has 1 saturated heterocycles. The lowest BCUT2D eigenvalue weighted by atomic mass is 9.68. The van der Waals surface area contributed by atoms with E-state index in [0.29, 0.717) is 11.1 Å². The summed E-state index contributed by atoms with van der Waals surface area (Å²) in [6.07, 6.45) is 8.60. The van der Waals surface area contributed by atoms with Crippen LogP contribution in [0.25, 0.3) is 0 Å². The van der Waals surface area contributed by atoms with Gasteiger partial charge in [0.25, 0.3) is 5.91 Å². The zero-order valence-corrected chi connectivity index (χ0v) is 13.8. The van der Waals surface area contributed by atoms with E-state index in [1.807, 2.05) is 0 Å². The van der Waals surface area contributed by atoms with Gasteiger partial charge in [0.1, 0.15) is 5.82 Å². The number of hydrogen-bond donors (Lipinski definition) is 2. The fourth-order valence-corrected chi connectivity index (χ4v) is 3.98. The van der Waals surface area contributed by atoms with Crippen molar-refractivity contribution in [3.63, 3.8) is 0 Å². The van der Waals surface area contributed by atoms with Crippen molar-refractivity contribution in [2.75, 3.05) is 18.4 Å². The molecule has 130 valence electrons. The van der Waals surface area contributed by atoms with E-state index >= 15 is 0 Å². The highest BCUT2D eigenvalue weighted by molar-refractivity contribution is 5.96. The first-order valence-electron chi connectivity index (χ1n) is 8.64. The molecule has 3 N–H and O–H groups in total. The Hall–Kier alpha value is -2.11. The van der Waals surface area contributed by atoms with Crippen molar-refractivity contribution >= 4 is 17.6 Å². The van der Waals surface area contributed by atoms with Gasteiger partial charge in [0.15, 0.2) is 0 Å². The lowest BCUT2D eigenvalue weighted by molar-refractivity contribution is 0.0849. The minimum atomic E-state index is -0.846. The molecule has 1 spiro atoms. The van der Waals surface area contributed by atoms with Gasteiger partial charge in [0.2, 0.25) is 0 Å². The molecule has 0 radical (unpaired) electrons. The van der Waals surface area contributed by atoms with Gasteiger partial charge < -0.3 is 16.0 Å². The van der Waals surface area contributed by atoms with Crippen LogP contribution in [-0.2, 0) is 0 Å². The number of nitrogens with two attached hydrogens (primary N) is 1. The van der Waals surface area contributed by atoms with Gasteiger partial charge in [-0.2, -0.15) is 0 Å². The Labute approximate surface area is 141 Å². The Morgan fingerprint density at radius 2 is 1.75 bits per heavy atom. The molecule has 0 unspecified atom stereocenters. The van der Waals surface area contributed by atoms with E-state index in [9.17, 15) is 14.0 Å². The number of benzene rings is 1. The number of nitrogens with zero attached hydrogens (tertiary/aromatic N) is 1. The van der Waals surface area contributed by atoms with E-state index < -0.39 is 11.7 Å². The van der Waals surface area contributed by atoms with Crippen molar-refractivity contribution < 1.29 is 14.0 Å². The minimum absolute atomic E-state index is 0.206. The summed E-state index contributed by atoms with van der Waals surface area (Å²) in [5.41, 5.74) is 5.74. The zero-order chi connectivity index (χ0) is 17.2. The van der Waals surface area contributed by atoms with Gasteiger partial charge >= 0.3 is 6.03 Å². The van der Waals surface area contributed by atoms with Crippen molar-refractivity contribution in [2.24, 2.45) is 11.1 Å². The predicted molar refractivity (Wildman–Crippen MR) is 90.3 cm³/mol. The Morgan fingerprint density at radius 1 is 1.08 bits per heavy atom. The highest BCUT2D eigenvalue weighted by Gasteiger charge is 2.36. The third-order valence-electron chi connectivity index (χ3n) is 5.51. The first kappa shape index (κ1) is 16.7. The van der Waals surface area contributed by atoms with E-state index in [1.165, 1.54) is 44.2 Å². The van der Waals surface area contributed by atoms with Crippen LogP contribution in [0.15, 0.2) is 18.2 Å². The molecule has 0 bridgehead atoms. The minimum Gasteiger partial charge on any atom is -0.366 e. The van der Waals surface area contributed by atoms with Crippen LogP contribution in [0.2, 0.25) is 0 Å². The Balaban J connectivity index is 1.60. The van der Waals surface area contributed by atoms with Crippen LogP contribution < -0.4 is 11.1 Å². The molecule has 1 aromatic carbocycles. The molecule has 24 heavy (non-hydrogen) atoms. The van der Waals surface area contributed by atoms with Crippen LogP contribution in [0.4, 0.5) is 14.9 Å². The molecule has 1 heterocycles. The highest BCUT2D eigenvalue weighted by Crippen LogP contribution is 2.44. The molecule has 1 aliphatic carbocycles. The smallest absolute Gasteiger partial charge is 0.321 e. The van der Waals surface area contributed by atoms with Gasteiger partial charge in [0, 0.05) is 18.8 Å². The summed E-state index contributed by atoms with van der Waals surface area (Å²) in [5, 5.41) is 2.74. The first-order chi connectivity index (χ1) is 11.5. The molecule has 0 atom stereocenters. The lowest BCUT2D eigenvalue weighted by Crippen LogP contribution is -2.45. The molecule has 2 fully saturated rings. The molecule has 3 rings (SSSR count). The fraction of sp³-hybridized carbons (Fsp3) is 0.556. The number of amides is 3. The molecule has 1 aromatic rings. The second kappa shape index (κ2) is 6.79. The number of urea groups is 1. The maximum Gasteiger partial charge on any atom is 0.321 e. The maximum atomic E-state index is 13.5. The Morgan fingerprint density at radius 3 is 2.38 bits per heavy atom. The predicted octanol–water partition coefficient (Wildman–Crippen LogP) is 3.50. The summed E-state index contributed by atoms with van der Waals surface area (Å²) in [7, 11) is 0. The standard InChI is InChI=1S/C18H24FN3O2/c19-15-5-4-13(12-14(15)16(20)23)21-17(24)22-10-8-18(9-11-22)6-2-1-3-7-18/h4-5,12H,1-3,6-11H2,(H2,20,23)(H,21,24). The van der Waals surface area contributed by atoms with Crippen molar-refractivity contribution in [1.82, 2.24) is 4.90 Å². The number of anilines is 1. The quantitative estimate of drug-likeness (QED) is 0.869. The van der Waals surface area contributed by atoms with Gasteiger partial charge in [-0.05, 0) is 49.3 Å². The summed E-state index contributed by atoms with van der Waals surface area (Å²) in [6, 6.07) is 3.65. The number of hydrogen-bond acceptors (Lipinski definition) is 2. The summed E-state index contributed by atoms with van der Waals surface area (Å²) in [6.45, 7) is 1.49. The van der Waals surface area contributed by atoms with E-state index in [0.717, 1.165) is 32.0 Å². The van der Waals surface area contributed by atoms with Crippen molar-refractivity contribution in [1.29, 1.82) is 0 Å². The number of primary amides is 1. The van der Waals surface area contributed by atoms with Gasteiger partial charge in [-0.25, -0.2) is 9.18 Å². The summed E-state index contributed by atoms with van der Waals surface area (Å²) in [4.78, 5) is 25.4.